The number of carbonyl (C=O) groups is 1. The molecule has 0 radical (unpaired) electrons. The fraction of sp³-hybridized carbons (Fsp3) is 0.118. The number of H-pyrrole nitrogens is 1. The van der Waals surface area contributed by atoms with E-state index >= 15 is 0 Å². The molecular formula is C17H13Cl2N2O4S-. The first kappa shape index (κ1) is 18.7. The van der Waals surface area contributed by atoms with E-state index < -0.39 is 22.0 Å². The molecule has 0 fully saturated rings. The number of carboxylic acids is 1. The Kier molecular flexibility index (Phi) is 5.24. The predicted octanol–water partition coefficient (Wildman–Crippen LogP) is 2.11. The highest BCUT2D eigenvalue weighted by atomic mass is 35.5. The van der Waals surface area contributed by atoms with Crippen molar-refractivity contribution in [2.24, 2.45) is 0 Å². The van der Waals surface area contributed by atoms with Crippen molar-refractivity contribution in [1.82, 2.24) is 9.71 Å². The monoisotopic (exact) mass is 411 g/mol. The molecule has 26 heavy (non-hydrogen) atoms. The molecule has 1 heterocycles. The molecular weight excluding hydrogens is 399 g/mol. The molecule has 6 nitrogen and oxygen atoms in total. The van der Waals surface area contributed by atoms with Gasteiger partial charge in [-0.25, -0.2) is 13.1 Å². The lowest BCUT2D eigenvalue weighted by atomic mass is 10.1. The zero-order valence-corrected chi connectivity index (χ0v) is 15.5. The topological polar surface area (TPSA) is 102 Å². The average molecular weight is 412 g/mol. The summed E-state index contributed by atoms with van der Waals surface area (Å²) in [6, 6.07) is 9.91. The van der Waals surface area contributed by atoms with E-state index in [1.807, 2.05) is 24.3 Å². The first-order chi connectivity index (χ1) is 12.3. The molecule has 9 heteroatoms. The van der Waals surface area contributed by atoms with E-state index in [-0.39, 0.29) is 21.4 Å². The summed E-state index contributed by atoms with van der Waals surface area (Å²) in [6.45, 7) is 0. The summed E-state index contributed by atoms with van der Waals surface area (Å²) in [5.41, 5.74) is 1.47. The molecule has 3 rings (SSSR count). The number of sulfonamides is 1. The maximum Gasteiger partial charge on any atom is 0.242 e. The Balaban J connectivity index is 1.91. The summed E-state index contributed by atoms with van der Waals surface area (Å²) in [5.74, 6) is -1.54. The number of carbonyl (C=O) groups excluding carboxylic acids is 1. The van der Waals surface area contributed by atoms with E-state index in [1.165, 1.54) is 18.2 Å². The van der Waals surface area contributed by atoms with E-state index in [9.17, 15) is 18.3 Å². The van der Waals surface area contributed by atoms with Crippen LogP contribution in [0, 0.1) is 0 Å². The Hall–Kier alpha value is -2.06. The second-order valence-corrected chi connectivity index (χ2v) is 8.08. The van der Waals surface area contributed by atoms with Crippen LogP contribution in [0.1, 0.15) is 5.56 Å². The highest BCUT2D eigenvalue weighted by Crippen LogP contribution is 2.29. The maximum atomic E-state index is 12.6. The molecule has 0 aliphatic carbocycles. The number of fused-ring (bicyclic) bond motifs is 1. The van der Waals surface area contributed by atoms with Crippen LogP contribution in [0.25, 0.3) is 10.9 Å². The van der Waals surface area contributed by atoms with E-state index in [2.05, 4.69) is 9.71 Å². The third kappa shape index (κ3) is 3.71. The molecule has 0 amide bonds. The summed E-state index contributed by atoms with van der Waals surface area (Å²) >= 11 is 11.8. The zero-order valence-electron chi connectivity index (χ0n) is 13.2. The minimum absolute atomic E-state index is 0.0520. The molecule has 2 aromatic carbocycles. The predicted molar refractivity (Wildman–Crippen MR) is 97.6 cm³/mol. The van der Waals surface area contributed by atoms with Gasteiger partial charge in [0.05, 0.1) is 22.1 Å². The van der Waals surface area contributed by atoms with Crippen LogP contribution >= 0.6 is 23.2 Å². The van der Waals surface area contributed by atoms with E-state index in [4.69, 9.17) is 23.2 Å². The number of aromatic nitrogens is 1. The maximum absolute atomic E-state index is 12.6. The van der Waals surface area contributed by atoms with Crippen LogP contribution in [0.15, 0.2) is 53.6 Å². The van der Waals surface area contributed by atoms with Gasteiger partial charge in [0.15, 0.2) is 0 Å². The van der Waals surface area contributed by atoms with Gasteiger partial charge in [0.2, 0.25) is 10.0 Å². The molecule has 0 unspecified atom stereocenters. The number of aromatic amines is 1. The van der Waals surface area contributed by atoms with Gasteiger partial charge in [-0.05, 0) is 30.2 Å². The highest BCUT2D eigenvalue weighted by Gasteiger charge is 2.25. The molecule has 0 saturated heterocycles. The number of benzene rings is 2. The molecule has 1 aromatic heterocycles. The van der Waals surface area contributed by atoms with Gasteiger partial charge in [0.25, 0.3) is 0 Å². The number of rotatable bonds is 6. The van der Waals surface area contributed by atoms with Crippen LogP contribution in [0.5, 0.6) is 0 Å². The van der Waals surface area contributed by atoms with Crippen molar-refractivity contribution in [2.45, 2.75) is 17.4 Å². The van der Waals surface area contributed by atoms with Gasteiger partial charge < -0.3 is 14.9 Å². The molecule has 0 aliphatic heterocycles. The molecule has 3 aromatic rings. The second-order valence-electron chi connectivity index (χ2n) is 5.61. The van der Waals surface area contributed by atoms with Crippen molar-refractivity contribution >= 4 is 50.1 Å². The lowest BCUT2D eigenvalue weighted by molar-refractivity contribution is -0.307. The molecule has 0 saturated carbocycles. The number of hydrogen-bond acceptors (Lipinski definition) is 4. The van der Waals surface area contributed by atoms with E-state index in [1.54, 1.807) is 6.20 Å². The van der Waals surface area contributed by atoms with Crippen molar-refractivity contribution in [3.8, 4) is 0 Å². The summed E-state index contributed by atoms with van der Waals surface area (Å²) < 4.78 is 27.3. The molecule has 136 valence electrons. The average Bonchev–Trinajstić information content (AvgIpc) is 2.99. The van der Waals surface area contributed by atoms with Gasteiger partial charge >= 0.3 is 0 Å². The lowest BCUT2D eigenvalue weighted by Crippen LogP contribution is -2.49. The summed E-state index contributed by atoms with van der Waals surface area (Å²) in [7, 11) is -4.21. The first-order valence-electron chi connectivity index (χ1n) is 7.52. The van der Waals surface area contributed by atoms with Gasteiger partial charge in [-0.2, -0.15) is 0 Å². The smallest absolute Gasteiger partial charge is 0.242 e. The molecule has 2 N–H and O–H groups in total. The van der Waals surface area contributed by atoms with Crippen LogP contribution in [-0.2, 0) is 21.2 Å². The molecule has 1 atom stereocenters. The van der Waals surface area contributed by atoms with Crippen LogP contribution in [0.3, 0.4) is 0 Å². The number of nitrogens with one attached hydrogen (secondary N) is 2. The zero-order chi connectivity index (χ0) is 18.9. The first-order valence-corrected chi connectivity index (χ1v) is 9.75. The van der Waals surface area contributed by atoms with Crippen molar-refractivity contribution in [2.75, 3.05) is 0 Å². The number of aliphatic carboxylic acids is 1. The minimum Gasteiger partial charge on any atom is -0.548 e. The van der Waals surface area contributed by atoms with Gasteiger partial charge in [-0.3, -0.25) is 0 Å². The molecule has 0 aliphatic rings. The van der Waals surface area contributed by atoms with Crippen LogP contribution in [0.2, 0.25) is 10.0 Å². The Morgan fingerprint density at radius 3 is 2.62 bits per heavy atom. The molecule has 0 bridgehead atoms. The third-order valence-corrected chi connectivity index (χ3v) is 6.33. The fourth-order valence-electron chi connectivity index (χ4n) is 2.64. The lowest BCUT2D eigenvalue weighted by Gasteiger charge is -2.20. The standard InChI is InChI=1S/C17H14Cl2N2O4S/c18-12-5-3-7-15(16(12)19)26(24,25)21-14(17(22)23)8-10-9-20-13-6-2-1-4-11(10)13/h1-7,9,14,20-21H,8H2,(H,22,23)/p-1/t14-/m0/s1. The Labute approximate surface area is 159 Å². The number of carboxylic acid groups (broad SMARTS) is 1. The van der Waals surface area contributed by atoms with Crippen LogP contribution in [-0.4, -0.2) is 25.4 Å². The Morgan fingerprint density at radius 2 is 1.88 bits per heavy atom. The van der Waals surface area contributed by atoms with Crippen molar-refractivity contribution < 1.29 is 18.3 Å². The number of halogens is 2. The van der Waals surface area contributed by atoms with E-state index in [0.29, 0.717) is 5.56 Å². The largest absolute Gasteiger partial charge is 0.548 e. The van der Waals surface area contributed by atoms with Crippen LogP contribution in [0.4, 0.5) is 0 Å². The molecule has 0 spiro atoms. The SMILES string of the molecule is O=C([O-])[C@H](Cc1c[nH]c2ccccc12)NS(=O)(=O)c1cccc(Cl)c1Cl. The summed E-state index contributed by atoms with van der Waals surface area (Å²) in [5, 5.41) is 12.2. The van der Waals surface area contributed by atoms with Crippen molar-refractivity contribution in [3.63, 3.8) is 0 Å². The minimum atomic E-state index is -4.21. The Bertz CT molecular complexity index is 1080. The van der Waals surface area contributed by atoms with Gasteiger partial charge in [0, 0.05) is 17.1 Å². The summed E-state index contributed by atoms with van der Waals surface area (Å²) in [6.07, 6.45) is 1.55. The number of para-hydroxylation sites is 1. The van der Waals surface area contributed by atoms with Gasteiger partial charge in [0.1, 0.15) is 4.90 Å². The van der Waals surface area contributed by atoms with Gasteiger partial charge in [-0.15, -0.1) is 0 Å². The van der Waals surface area contributed by atoms with E-state index in [0.717, 1.165) is 10.9 Å². The Morgan fingerprint density at radius 1 is 1.15 bits per heavy atom. The highest BCUT2D eigenvalue weighted by molar-refractivity contribution is 7.89. The fourth-order valence-corrected chi connectivity index (χ4v) is 4.58. The van der Waals surface area contributed by atoms with Gasteiger partial charge in [-0.1, -0.05) is 47.5 Å². The third-order valence-electron chi connectivity index (χ3n) is 3.89. The normalized spacial score (nSPS) is 13.0. The number of hydrogen-bond donors (Lipinski definition) is 2. The quantitative estimate of drug-likeness (QED) is 0.648. The van der Waals surface area contributed by atoms with Crippen molar-refractivity contribution in [1.29, 1.82) is 0 Å². The summed E-state index contributed by atoms with van der Waals surface area (Å²) in [4.78, 5) is 14.2. The van der Waals surface area contributed by atoms with Crippen molar-refractivity contribution in [3.05, 3.63) is 64.3 Å². The van der Waals surface area contributed by atoms with Crippen LogP contribution < -0.4 is 9.83 Å². The second kappa shape index (κ2) is 7.28.